The van der Waals surface area contributed by atoms with E-state index in [4.69, 9.17) is 9.52 Å². The standard InChI is InChI=1S/C11H15N3O6S/c1-2-19-10(18)9-13-14-11(20-9)21-6-7(15)12-5-3-4-8(16)17/h2-6H2,1H3,(H,12,15)(H,16,17). The van der Waals surface area contributed by atoms with Gasteiger partial charge >= 0.3 is 17.8 Å². The zero-order valence-corrected chi connectivity index (χ0v) is 12.1. The molecule has 10 heteroatoms. The predicted octanol–water partition coefficient (Wildman–Crippen LogP) is 0.319. The summed E-state index contributed by atoms with van der Waals surface area (Å²) in [5, 5.41) is 18.2. The average molecular weight is 317 g/mol. The number of hydrogen-bond acceptors (Lipinski definition) is 8. The zero-order valence-electron chi connectivity index (χ0n) is 11.3. The minimum Gasteiger partial charge on any atom is -0.481 e. The second-order valence-electron chi connectivity index (χ2n) is 3.73. The Hall–Kier alpha value is -2.10. The summed E-state index contributed by atoms with van der Waals surface area (Å²) in [6, 6.07) is 0. The molecule has 0 bridgehead atoms. The van der Waals surface area contributed by atoms with Gasteiger partial charge in [-0.05, 0) is 13.3 Å². The third-order valence-electron chi connectivity index (χ3n) is 2.07. The molecule has 1 aromatic rings. The SMILES string of the molecule is CCOC(=O)c1nnc(SCC(=O)NCCCC(=O)O)o1. The summed E-state index contributed by atoms with van der Waals surface area (Å²) in [7, 11) is 0. The molecule has 21 heavy (non-hydrogen) atoms. The summed E-state index contributed by atoms with van der Waals surface area (Å²) in [4.78, 5) is 33.0. The first kappa shape index (κ1) is 17.0. The number of rotatable bonds is 9. The monoisotopic (exact) mass is 317 g/mol. The molecule has 116 valence electrons. The highest BCUT2D eigenvalue weighted by Crippen LogP contribution is 2.15. The fourth-order valence-corrected chi connectivity index (χ4v) is 1.78. The number of nitrogens with one attached hydrogen (secondary N) is 1. The van der Waals surface area contributed by atoms with Crippen molar-refractivity contribution in [3.63, 3.8) is 0 Å². The molecule has 0 radical (unpaired) electrons. The molecule has 9 nitrogen and oxygen atoms in total. The maximum Gasteiger partial charge on any atom is 0.396 e. The molecular weight excluding hydrogens is 302 g/mol. The van der Waals surface area contributed by atoms with Crippen LogP contribution >= 0.6 is 11.8 Å². The van der Waals surface area contributed by atoms with E-state index in [2.05, 4.69) is 20.3 Å². The minimum absolute atomic E-state index is 0.0000174. The lowest BCUT2D eigenvalue weighted by Gasteiger charge is -2.02. The first-order valence-electron chi connectivity index (χ1n) is 6.14. The van der Waals surface area contributed by atoms with E-state index in [1.807, 2.05) is 0 Å². The van der Waals surface area contributed by atoms with Crippen LogP contribution in [0.15, 0.2) is 9.64 Å². The van der Waals surface area contributed by atoms with E-state index in [0.717, 1.165) is 11.8 Å². The number of carboxylic acid groups (broad SMARTS) is 1. The number of esters is 1. The molecule has 0 unspecified atom stereocenters. The Labute approximate surface area is 124 Å². The maximum absolute atomic E-state index is 11.4. The Morgan fingerprint density at radius 2 is 2.14 bits per heavy atom. The van der Waals surface area contributed by atoms with E-state index >= 15 is 0 Å². The summed E-state index contributed by atoms with van der Waals surface area (Å²) >= 11 is 0.973. The number of carboxylic acids is 1. The van der Waals surface area contributed by atoms with Crippen molar-refractivity contribution in [2.24, 2.45) is 0 Å². The summed E-state index contributed by atoms with van der Waals surface area (Å²) in [5.41, 5.74) is 0. The minimum atomic E-state index is -0.907. The smallest absolute Gasteiger partial charge is 0.396 e. The van der Waals surface area contributed by atoms with Gasteiger partial charge in [-0.15, -0.1) is 5.10 Å². The number of hydrogen-bond donors (Lipinski definition) is 2. The summed E-state index contributed by atoms with van der Waals surface area (Å²) < 4.78 is 9.69. The van der Waals surface area contributed by atoms with Crippen molar-refractivity contribution in [3.8, 4) is 0 Å². The number of ether oxygens (including phenoxy) is 1. The van der Waals surface area contributed by atoms with Crippen LogP contribution in [0.2, 0.25) is 0 Å². The van der Waals surface area contributed by atoms with Gasteiger partial charge in [0, 0.05) is 13.0 Å². The van der Waals surface area contributed by atoms with E-state index < -0.39 is 11.9 Å². The molecule has 0 saturated heterocycles. The number of carbonyl (C=O) groups excluding carboxylic acids is 2. The van der Waals surface area contributed by atoms with Crippen LogP contribution in [0.1, 0.15) is 30.5 Å². The molecule has 1 heterocycles. The van der Waals surface area contributed by atoms with Crippen LogP contribution in [0, 0.1) is 0 Å². The highest BCUT2D eigenvalue weighted by molar-refractivity contribution is 7.99. The fourth-order valence-electron chi connectivity index (χ4n) is 1.19. The van der Waals surface area contributed by atoms with E-state index in [9.17, 15) is 14.4 Å². The summed E-state index contributed by atoms with van der Waals surface area (Å²) in [5.74, 6) is -2.15. The van der Waals surface area contributed by atoms with Gasteiger partial charge in [0.25, 0.3) is 5.22 Å². The molecule has 0 aromatic carbocycles. The average Bonchev–Trinajstić information content (AvgIpc) is 2.90. The van der Waals surface area contributed by atoms with E-state index in [0.29, 0.717) is 6.42 Å². The Bertz CT molecular complexity index is 504. The highest BCUT2D eigenvalue weighted by Gasteiger charge is 2.16. The molecule has 0 aliphatic rings. The van der Waals surface area contributed by atoms with Crippen LogP contribution in [0.4, 0.5) is 0 Å². The van der Waals surface area contributed by atoms with Crippen molar-refractivity contribution < 1.29 is 28.6 Å². The van der Waals surface area contributed by atoms with Gasteiger partial charge in [0.1, 0.15) is 0 Å². The van der Waals surface area contributed by atoms with Gasteiger partial charge in [0.15, 0.2) is 0 Å². The second-order valence-corrected chi connectivity index (χ2v) is 4.66. The Kier molecular flexibility index (Phi) is 7.23. The van der Waals surface area contributed by atoms with Gasteiger partial charge in [-0.1, -0.05) is 16.9 Å². The third kappa shape index (κ3) is 6.75. The maximum atomic E-state index is 11.4. The lowest BCUT2D eigenvalue weighted by molar-refractivity contribution is -0.137. The molecule has 0 aliphatic heterocycles. The third-order valence-corrected chi connectivity index (χ3v) is 2.89. The molecule has 0 saturated carbocycles. The van der Waals surface area contributed by atoms with Crippen molar-refractivity contribution >= 4 is 29.6 Å². The number of aromatic nitrogens is 2. The van der Waals surface area contributed by atoms with E-state index in [1.165, 1.54) is 0 Å². The largest absolute Gasteiger partial charge is 0.481 e. The van der Waals surface area contributed by atoms with E-state index in [-0.39, 0.29) is 42.3 Å². The Morgan fingerprint density at radius 1 is 1.38 bits per heavy atom. The molecule has 0 spiro atoms. The van der Waals surface area contributed by atoms with Crippen molar-refractivity contribution in [3.05, 3.63) is 5.89 Å². The number of nitrogens with zero attached hydrogens (tertiary/aromatic N) is 2. The molecule has 0 atom stereocenters. The van der Waals surface area contributed by atoms with E-state index in [1.54, 1.807) is 6.92 Å². The lowest BCUT2D eigenvalue weighted by atomic mass is 10.3. The lowest BCUT2D eigenvalue weighted by Crippen LogP contribution is -2.26. The van der Waals surface area contributed by atoms with Crippen LogP contribution in [-0.4, -0.2) is 52.1 Å². The molecule has 1 aromatic heterocycles. The van der Waals surface area contributed by atoms with Gasteiger partial charge in [-0.3, -0.25) is 9.59 Å². The molecule has 0 aliphatic carbocycles. The Balaban J connectivity index is 2.27. The highest BCUT2D eigenvalue weighted by atomic mass is 32.2. The molecule has 1 rings (SSSR count). The van der Waals surface area contributed by atoms with Crippen molar-refractivity contribution in [2.75, 3.05) is 18.9 Å². The van der Waals surface area contributed by atoms with Crippen LogP contribution in [0.5, 0.6) is 0 Å². The quantitative estimate of drug-likeness (QED) is 0.375. The normalized spacial score (nSPS) is 10.1. The topological polar surface area (TPSA) is 132 Å². The van der Waals surface area contributed by atoms with Crippen molar-refractivity contribution in [2.45, 2.75) is 25.0 Å². The van der Waals surface area contributed by atoms with Gasteiger partial charge in [-0.25, -0.2) is 4.79 Å². The van der Waals surface area contributed by atoms with Crippen LogP contribution in [0.3, 0.4) is 0 Å². The molecule has 2 N–H and O–H groups in total. The summed E-state index contributed by atoms with van der Waals surface area (Å²) in [6.45, 7) is 2.13. The molecular formula is C11H15N3O6S. The number of aliphatic carboxylic acids is 1. The van der Waals surface area contributed by atoms with Crippen molar-refractivity contribution in [1.82, 2.24) is 15.5 Å². The first-order valence-corrected chi connectivity index (χ1v) is 7.13. The first-order chi connectivity index (χ1) is 10.0. The van der Waals surface area contributed by atoms with Crippen LogP contribution in [0.25, 0.3) is 0 Å². The zero-order chi connectivity index (χ0) is 15.7. The fraction of sp³-hybridized carbons (Fsp3) is 0.545. The van der Waals surface area contributed by atoms with Crippen molar-refractivity contribution in [1.29, 1.82) is 0 Å². The number of amides is 1. The van der Waals surface area contributed by atoms with Gasteiger partial charge in [-0.2, -0.15) is 0 Å². The molecule has 1 amide bonds. The summed E-state index contributed by atoms with van der Waals surface area (Å²) in [6.07, 6.45) is 0.360. The van der Waals surface area contributed by atoms with Gasteiger partial charge < -0.3 is 19.6 Å². The second kappa shape index (κ2) is 8.95. The van der Waals surface area contributed by atoms with Crippen LogP contribution < -0.4 is 5.32 Å². The predicted molar refractivity (Wildman–Crippen MR) is 70.9 cm³/mol. The Morgan fingerprint density at radius 3 is 2.81 bits per heavy atom. The number of carbonyl (C=O) groups is 3. The van der Waals surface area contributed by atoms with Crippen LogP contribution in [-0.2, 0) is 14.3 Å². The number of thioether (sulfide) groups is 1. The van der Waals surface area contributed by atoms with Gasteiger partial charge in [0.05, 0.1) is 12.4 Å². The van der Waals surface area contributed by atoms with Gasteiger partial charge in [0.2, 0.25) is 5.91 Å². The molecule has 0 fully saturated rings.